The Hall–Kier alpha value is -2.28. The van der Waals surface area contributed by atoms with Crippen molar-refractivity contribution in [3.63, 3.8) is 0 Å². The zero-order valence-corrected chi connectivity index (χ0v) is 13.1. The van der Waals surface area contributed by atoms with Gasteiger partial charge in [0.05, 0.1) is 0 Å². The summed E-state index contributed by atoms with van der Waals surface area (Å²) in [7, 11) is 0. The SMILES string of the molecule is O=C(NC1CCC(CO)CC1)c1ccn(-c2c(F)cccc2F)n1. The van der Waals surface area contributed by atoms with Gasteiger partial charge in [-0.05, 0) is 49.8 Å². The summed E-state index contributed by atoms with van der Waals surface area (Å²) in [5.74, 6) is -1.54. The van der Waals surface area contributed by atoms with Crippen molar-refractivity contribution in [2.24, 2.45) is 5.92 Å². The summed E-state index contributed by atoms with van der Waals surface area (Å²) in [6.07, 6.45) is 4.71. The number of para-hydroxylation sites is 1. The van der Waals surface area contributed by atoms with E-state index in [1.54, 1.807) is 0 Å². The molecule has 1 aliphatic carbocycles. The minimum absolute atomic E-state index is 0.0376. The van der Waals surface area contributed by atoms with E-state index in [9.17, 15) is 13.6 Å². The molecule has 24 heavy (non-hydrogen) atoms. The van der Waals surface area contributed by atoms with Crippen molar-refractivity contribution in [3.05, 3.63) is 47.8 Å². The molecule has 128 valence electrons. The van der Waals surface area contributed by atoms with E-state index in [0.29, 0.717) is 5.92 Å². The summed E-state index contributed by atoms with van der Waals surface area (Å²) in [5.41, 5.74) is -0.193. The van der Waals surface area contributed by atoms with Gasteiger partial charge in [0, 0.05) is 18.8 Å². The van der Waals surface area contributed by atoms with Crippen LogP contribution in [0.2, 0.25) is 0 Å². The second-order valence-corrected chi connectivity index (χ2v) is 6.09. The van der Waals surface area contributed by atoms with E-state index in [4.69, 9.17) is 5.11 Å². The zero-order chi connectivity index (χ0) is 17.1. The van der Waals surface area contributed by atoms with E-state index >= 15 is 0 Å². The summed E-state index contributed by atoms with van der Waals surface area (Å²) < 4.78 is 28.6. The molecule has 0 saturated heterocycles. The second-order valence-electron chi connectivity index (χ2n) is 6.09. The zero-order valence-electron chi connectivity index (χ0n) is 13.1. The highest BCUT2D eigenvalue weighted by Crippen LogP contribution is 2.24. The number of nitrogens with zero attached hydrogens (tertiary/aromatic N) is 2. The van der Waals surface area contributed by atoms with E-state index in [-0.39, 0.29) is 29.9 Å². The van der Waals surface area contributed by atoms with Crippen LogP contribution in [0, 0.1) is 17.6 Å². The Morgan fingerprint density at radius 1 is 1.21 bits per heavy atom. The average molecular weight is 335 g/mol. The summed E-state index contributed by atoms with van der Waals surface area (Å²) in [6.45, 7) is 0.180. The first-order chi connectivity index (χ1) is 11.6. The Morgan fingerprint density at radius 2 is 1.88 bits per heavy atom. The minimum atomic E-state index is -0.743. The van der Waals surface area contributed by atoms with Crippen molar-refractivity contribution in [3.8, 4) is 5.69 Å². The predicted molar refractivity (Wildman–Crippen MR) is 83.8 cm³/mol. The molecule has 1 fully saturated rings. The highest BCUT2D eigenvalue weighted by Gasteiger charge is 2.23. The normalized spacial score (nSPS) is 20.8. The maximum atomic E-state index is 13.8. The molecule has 1 amide bonds. The Kier molecular flexibility index (Phi) is 4.89. The van der Waals surface area contributed by atoms with Crippen LogP contribution in [0.1, 0.15) is 36.2 Å². The van der Waals surface area contributed by atoms with Crippen LogP contribution in [0.5, 0.6) is 0 Å². The van der Waals surface area contributed by atoms with Gasteiger partial charge in [0.1, 0.15) is 5.69 Å². The lowest BCUT2D eigenvalue weighted by Gasteiger charge is -2.27. The van der Waals surface area contributed by atoms with Crippen LogP contribution in [0.4, 0.5) is 8.78 Å². The molecule has 1 aliphatic rings. The molecule has 0 aliphatic heterocycles. The molecule has 0 radical (unpaired) electrons. The lowest BCUT2D eigenvalue weighted by atomic mass is 9.86. The lowest BCUT2D eigenvalue weighted by molar-refractivity contribution is 0.0908. The maximum Gasteiger partial charge on any atom is 0.272 e. The first-order valence-corrected chi connectivity index (χ1v) is 8.00. The average Bonchev–Trinajstić information content (AvgIpc) is 3.05. The van der Waals surface area contributed by atoms with E-state index in [2.05, 4.69) is 10.4 Å². The Bertz CT molecular complexity index is 704. The van der Waals surface area contributed by atoms with Crippen LogP contribution < -0.4 is 5.32 Å². The molecule has 2 aromatic rings. The Balaban J connectivity index is 1.68. The molecule has 1 saturated carbocycles. The van der Waals surface area contributed by atoms with Gasteiger partial charge in [-0.15, -0.1) is 0 Å². The summed E-state index contributed by atoms with van der Waals surface area (Å²) in [5, 5.41) is 16.0. The molecule has 0 spiro atoms. The number of carbonyl (C=O) groups is 1. The van der Waals surface area contributed by atoms with Crippen LogP contribution in [-0.2, 0) is 0 Å². The Morgan fingerprint density at radius 3 is 2.50 bits per heavy atom. The number of aromatic nitrogens is 2. The van der Waals surface area contributed by atoms with Crippen molar-refractivity contribution >= 4 is 5.91 Å². The van der Waals surface area contributed by atoms with Crippen molar-refractivity contribution < 1.29 is 18.7 Å². The number of aliphatic hydroxyl groups is 1. The molecule has 0 bridgehead atoms. The predicted octanol–water partition coefficient (Wildman–Crippen LogP) is 2.43. The molecular formula is C17H19F2N3O2. The quantitative estimate of drug-likeness (QED) is 0.902. The topological polar surface area (TPSA) is 67.2 Å². The minimum Gasteiger partial charge on any atom is -0.396 e. The number of hydrogen-bond donors (Lipinski definition) is 2. The molecule has 1 heterocycles. The van der Waals surface area contributed by atoms with Gasteiger partial charge >= 0.3 is 0 Å². The van der Waals surface area contributed by atoms with Crippen LogP contribution in [0.25, 0.3) is 5.69 Å². The number of amides is 1. The fraction of sp³-hybridized carbons (Fsp3) is 0.412. The molecule has 2 N–H and O–H groups in total. The van der Waals surface area contributed by atoms with Crippen molar-refractivity contribution in [1.82, 2.24) is 15.1 Å². The van der Waals surface area contributed by atoms with Gasteiger partial charge < -0.3 is 10.4 Å². The first kappa shape index (κ1) is 16.6. The van der Waals surface area contributed by atoms with Gasteiger partial charge in [-0.25, -0.2) is 13.5 Å². The fourth-order valence-electron chi connectivity index (χ4n) is 3.03. The van der Waals surface area contributed by atoms with Crippen LogP contribution in [-0.4, -0.2) is 33.4 Å². The maximum absolute atomic E-state index is 13.8. The van der Waals surface area contributed by atoms with Crippen LogP contribution in [0.3, 0.4) is 0 Å². The molecule has 5 nitrogen and oxygen atoms in total. The number of halogens is 2. The van der Waals surface area contributed by atoms with Crippen molar-refractivity contribution in [2.75, 3.05) is 6.61 Å². The number of rotatable bonds is 4. The number of benzene rings is 1. The van der Waals surface area contributed by atoms with Gasteiger partial charge in [-0.1, -0.05) is 6.07 Å². The number of aliphatic hydroxyl groups excluding tert-OH is 1. The standard InChI is InChI=1S/C17H19F2N3O2/c18-13-2-1-3-14(19)16(13)22-9-8-15(21-22)17(24)20-12-6-4-11(10-23)5-7-12/h1-3,8-9,11-12,23H,4-7,10H2,(H,20,24). The smallest absolute Gasteiger partial charge is 0.272 e. The third kappa shape index (κ3) is 3.46. The largest absolute Gasteiger partial charge is 0.396 e. The van der Waals surface area contributed by atoms with Gasteiger partial charge in [0.15, 0.2) is 17.3 Å². The van der Waals surface area contributed by atoms with Crippen LogP contribution >= 0.6 is 0 Å². The van der Waals surface area contributed by atoms with Gasteiger partial charge in [-0.2, -0.15) is 5.10 Å². The second kappa shape index (κ2) is 7.09. The molecule has 7 heteroatoms. The fourth-order valence-corrected chi connectivity index (χ4v) is 3.03. The summed E-state index contributed by atoms with van der Waals surface area (Å²) in [4.78, 5) is 12.3. The summed E-state index contributed by atoms with van der Waals surface area (Å²) in [6, 6.07) is 5.02. The highest BCUT2D eigenvalue weighted by molar-refractivity contribution is 5.92. The van der Waals surface area contributed by atoms with Gasteiger partial charge in [0.2, 0.25) is 0 Å². The van der Waals surface area contributed by atoms with Crippen molar-refractivity contribution in [1.29, 1.82) is 0 Å². The van der Waals surface area contributed by atoms with E-state index < -0.39 is 11.6 Å². The lowest BCUT2D eigenvalue weighted by Crippen LogP contribution is -2.38. The molecule has 0 atom stereocenters. The first-order valence-electron chi connectivity index (χ1n) is 8.00. The molecule has 3 rings (SSSR count). The molecular weight excluding hydrogens is 316 g/mol. The number of carbonyl (C=O) groups excluding carboxylic acids is 1. The van der Waals surface area contributed by atoms with Crippen LogP contribution in [0.15, 0.2) is 30.5 Å². The van der Waals surface area contributed by atoms with Gasteiger partial charge in [-0.3, -0.25) is 4.79 Å². The Labute approximate surface area is 138 Å². The number of nitrogens with one attached hydrogen (secondary N) is 1. The van der Waals surface area contributed by atoms with Gasteiger partial charge in [0.25, 0.3) is 5.91 Å². The molecule has 0 unspecified atom stereocenters. The van der Waals surface area contributed by atoms with E-state index in [0.717, 1.165) is 42.5 Å². The summed E-state index contributed by atoms with van der Waals surface area (Å²) >= 11 is 0. The third-order valence-corrected chi connectivity index (χ3v) is 4.43. The molecule has 1 aromatic heterocycles. The van der Waals surface area contributed by atoms with E-state index in [1.807, 2.05) is 0 Å². The van der Waals surface area contributed by atoms with Crippen molar-refractivity contribution in [2.45, 2.75) is 31.7 Å². The monoisotopic (exact) mass is 335 g/mol. The van der Waals surface area contributed by atoms with E-state index in [1.165, 1.54) is 18.3 Å². The number of hydrogen-bond acceptors (Lipinski definition) is 3. The highest BCUT2D eigenvalue weighted by atomic mass is 19.1. The molecule has 1 aromatic carbocycles. The third-order valence-electron chi connectivity index (χ3n) is 4.43.